The van der Waals surface area contributed by atoms with Crippen molar-refractivity contribution in [2.24, 2.45) is 0 Å². The standard InChI is InChI=1S/C24H21N9O.ClH/c1-15-10-17(2-3-20(15)34-18-6-9-33-21(11-18)28-14-30-33)31-24-22-19(27-13-29-24)12-26-23(32-22)16-4-7-25-8-5-16;/h2-4,6,9-14,25H,5,7-8H2,1H3,(H,27,29,31);1H. The fourth-order valence-corrected chi connectivity index (χ4v) is 3.89. The zero-order valence-corrected chi connectivity index (χ0v) is 19.7. The van der Waals surface area contributed by atoms with Crippen molar-refractivity contribution in [1.29, 1.82) is 0 Å². The molecule has 0 aliphatic carbocycles. The Morgan fingerprint density at radius 1 is 1.06 bits per heavy atom. The van der Waals surface area contributed by atoms with Crippen LogP contribution >= 0.6 is 12.4 Å². The number of aryl methyl sites for hydroxylation is 1. The van der Waals surface area contributed by atoms with Crippen molar-refractivity contribution >= 4 is 46.2 Å². The van der Waals surface area contributed by atoms with E-state index < -0.39 is 0 Å². The second kappa shape index (κ2) is 9.61. The minimum Gasteiger partial charge on any atom is -0.457 e. The van der Waals surface area contributed by atoms with Gasteiger partial charge in [0.2, 0.25) is 0 Å². The maximum Gasteiger partial charge on any atom is 0.160 e. The molecule has 0 amide bonds. The van der Waals surface area contributed by atoms with Crippen LogP contribution in [0.3, 0.4) is 0 Å². The summed E-state index contributed by atoms with van der Waals surface area (Å²) in [6.07, 6.45) is 9.62. The Kier molecular flexibility index (Phi) is 6.21. The topological polar surface area (TPSA) is 115 Å². The van der Waals surface area contributed by atoms with Gasteiger partial charge in [-0.25, -0.2) is 29.4 Å². The highest BCUT2D eigenvalue weighted by Crippen LogP contribution is 2.30. The van der Waals surface area contributed by atoms with Gasteiger partial charge in [0.15, 0.2) is 17.3 Å². The first-order valence-corrected chi connectivity index (χ1v) is 11.0. The second-order valence-corrected chi connectivity index (χ2v) is 7.97. The largest absolute Gasteiger partial charge is 0.457 e. The van der Waals surface area contributed by atoms with Crippen molar-refractivity contribution in [3.05, 3.63) is 72.8 Å². The smallest absolute Gasteiger partial charge is 0.160 e. The molecule has 0 bridgehead atoms. The van der Waals surface area contributed by atoms with E-state index >= 15 is 0 Å². The molecule has 10 nitrogen and oxygen atoms in total. The van der Waals surface area contributed by atoms with Crippen LogP contribution in [0.1, 0.15) is 17.8 Å². The molecule has 11 heteroatoms. The summed E-state index contributed by atoms with van der Waals surface area (Å²) < 4.78 is 7.77. The molecule has 1 aliphatic heterocycles. The molecule has 2 N–H and O–H groups in total. The van der Waals surface area contributed by atoms with Crippen LogP contribution in [-0.2, 0) is 0 Å². The van der Waals surface area contributed by atoms with Crippen molar-refractivity contribution in [1.82, 2.24) is 39.9 Å². The van der Waals surface area contributed by atoms with Gasteiger partial charge >= 0.3 is 0 Å². The monoisotopic (exact) mass is 487 g/mol. The third-order valence-electron chi connectivity index (χ3n) is 5.65. The third-order valence-corrected chi connectivity index (χ3v) is 5.65. The first kappa shape index (κ1) is 22.6. The Balaban J connectivity index is 0.00000253. The summed E-state index contributed by atoms with van der Waals surface area (Å²) in [5, 5.41) is 10.8. The van der Waals surface area contributed by atoms with E-state index in [1.807, 2.05) is 43.5 Å². The summed E-state index contributed by atoms with van der Waals surface area (Å²) in [4.78, 5) is 22.3. The summed E-state index contributed by atoms with van der Waals surface area (Å²) in [6.45, 7) is 3.75. The Morgan fingerprint density at radius 3 is 2.86 bits per heavy atom. The van der Waals surface area contributed by atoms with E-state index in [-0.39, 0.29) is 12.4 Å². The normalized spacial score (nSPS) is 13.3. The van der Waals surface area contributed by atoms with E-state index in [0.717, 1.165) is 53.6 Å². The number of nitrogens with one attached hydrogen (secondary N) is 2. The van der Waals surface area contributed by atoms with E-state index in [0.29, 0.717) is 22.6 Å². The zero-order chi connectivity index (χ0) is 22.9. The van der Waals surface area contributed by atoms with Crippen molar-refractivity contribution in [2.45, 2.75) is 13.3 Å². The Bertz CT molecular complexity index is 1550. The lowest BCUT2D eigenvalue weighted by Gasteiger charge is -2.14. The van der Waals surface area contributed by atoms with Gasteiger partial charge in [-0.2, -0.15) is 5.10 Å². The summed E-state index contributed by atoms with van der Waals surface area (Å²) in [5.41, 5.74) is 5.09. The van der Waals surface area contributed by atoms with Gasteiger partial charge in [0.1, 0.15) is 35.2 Å². The Morgan fingerprint density at radius 2 is 2.00 bits per heavy atom. The van der Waals surface area contributed by atoms with E-state index in [2.05, 4.69) is 41.7 Å². The van der Waals surface area contributed by atoms with E-state index in [1.54, 1.807) is 10.7 Å². The third kappa shape index (κ3) is 4.61. The summed E-state index contributed by atoms with van der Waals surface area (Å²) in [6, 6.07) is 9.59. The molecule has 5 aromatic rings. The van der Waals surface area contributed by atoms with Crippen LogP contribution in [0.15, 0.2) is 61.5 Å². The molecule has 1 aliphatic rings. The Labute approximate surface area is 206 Å². The van der Waals surface area contributed by atoms with Crippen molar-refractivity contribution in [3.8, 4) is 11.5 Å². The van der Waals surface area contributed by atoms with Gasteiger partial charge in [-0.1, -0.05) is 6.08 Å². The van der Waals surface area contributed by atoms with Gasteiger partial charge in [0, 0.05) is 24.5 Å². The minimum atomic E-state index is 0. The fraction of sp³-hybridized carbons (Fsp3) is 0.167. The van der Waals surface area contributed by atoms with Crippen LogP contribution in [-0.4, -0.2) is 47.6 Å². The molecule has 1 aromatic carbocycles. The van der Waals surface area contributed by atoms with Gasteiger partial charge in [-0.15, -0.1) is 12.4 Å². The first-order chi connectivity index (χ1) is 16.7. The lowest BCUT2D eigenvalue weighted by molar-refractivity contribution is 0.478. The Hall–Kier alpha value is -4.15. The van der Waals surface area contributed by atoms with E-state index in [9.17, 15) is 0 Å². The average molecular weight is 488 g/mol. The molecule has 0 radical (unpaired) electrons. The second-order valence-electron chi connectivity index (χ2n) is 7.97. The van der Waals surface area contributed by atoms with Crippen LogP contribution in [0.5, 0.6) is 11.5 Å². The highest BCUT2D eigenvalue weighted by molar-refractivity contribution is 5.87. The van der Waals surface area contributed by atoms with Gasteiger partial charge in [0.05, 0.1) is 6.20 Å². The molecular formula is C24H22ClN9O. The number of halogens is 1. The first-order valence-electron chi connectivity index (χ1n) is 11.0. The maximum atomic E-state index is 6.08. The number of hydrogen-bond donors (Lipinski definition) is 2. The highest BCUT2D eigenvalue weighted by Gasteiger charge is 2.13. The summed E-state index contributed by atoms with van der Waals surface area (Å²) in [5.74, 6) is 2.80. The maximum absolute atomic E-state index is 6.08. The quantitative estimate of drug-likeness (QED) is 0.378. The molecular weight excluding hydrogens is 466 g/mol. The highest BCUT2D eigenvalue weighted by atomic mass is 35.5. The molecule has 0 saturated heterocycles. The lowest BCUT2D eigenvalue weighted by Crippen LogP contribution is -2.20. The molecule has 0 unspecified atom stereocenters. The van der Waals surface area contributed by atoms with E-state index in [4.69, 9.17) is 9.72 Å². The number of hydrogen-bond acceptors (Lipinski definition) is 9. The van der Waals surface area contributed by atoms with Gasteiger partial charge < -0.3 is 15.4 Å². The predicted molar refractivity (Wildman–Crippen MR) is 135 cm³/mol. The molecule has 4 aromatic heterocycles. The zero-order valence-electron chi connectivity index (χ0n) is 18.8. The van der Waals surface area contributed by atoms with Crippen molar-refractivity contribution in [2.75, 3.05) is 18.4 Å². The summed E-state index contributed by atoms with van der Waals surface area (Å²) >= 11 is 0. The number of rotatable bonds is 5. The molecule has 0 spiro atoms. The molecule has 0 atom stereocenters. The SMILES string of the molecule is Cc1cc(Nc2ncnc3cnc(C4=CCNCC4)nc23)ccc1Oc1ccn2ncnc2c1.Cl. The molecule has 0 saturated carbocycles. The van der Waals surface area contributed by atoms with Crippen molar-refractivity contribution < 1.29 is 4.74 Å². The van der Waals surface area contributed by atoms with Crippen LogP contribution in [0.4, 0.5) is 11.5 Å². The molecule has 0 fully saturated rings. The molecule has 35 heavy (non-hydrogen) atoms. The van der Waals surface area contributed by atoms with Crippen LogP contribution in [0.2, 0.25) is 0 Å². The van der Waals surface area contributed by atoms with Gasteiger partial charge in [-0.3, -0.25) is 0 Å². The van der Waals surface area contributed by atoms with Gasteiger partial charge in [-0.05, 0) is 55.3 Å². The van der Waals surface area contributed by atoms with Crippen LogP contribution < -0.4 is 15.4 Å². The van der Waals surface area contributed by atoms with E-state index in [1.165, 1.54) is 12.7 Å². The molecule has 5 heterocycles. The lowest BCUT2D eigenvalue weighted by atomic mass is 10.1. The van der Waals surface area contributed by atoms with Crippen LogP contribution in [0, 0.1) is 6.92 Å². The van der Waals surface area contributed by atoms with Crippen LogP contribution in [0.25, 0.3) is 22.3 Å². The number of aromatic nitrogens is 7. The fourth-order valence-electron chi connectivity index (χ4n) is 3.89. The molecule has 6 rings (SSSR count). The summed E-state index contributed by atoms with van der Waals surface area (Å²) in [7, 11) is 0. The number of ether oxygens (including phenoxy) is 1. The average Bonchev–Trinajstić information content (AvgIpc) is 3.34. The minimum absolute atomic E-state index is 0. The van der Waals surface area contributed by atoms with Gasteiger partial charge in [0.25, 0.3) is 0 Å². The number of fused-ring (bicyclic) bond motifs is 2. The number of benzene rings is 1. The molecule has 176 valence electrons. The number of nitrogens with zero attached hydrogens (tertiary/aromatic N) is 7. The van der Waals surface area contributed by atoms with Crippen molar-refractivity contribution in [3.63, 3.8) is 0 Å². The predicted octanol–water partition coefficient (Wildman–Crippen LogP) is 4.11. The number of pyridine rings is 1. The number of anilines is 2.